The van der Waals surface area contributed by atoms with Crippen LogP contribution in [0.4, 0.5) is 0 Å². The smallest absolute Gasteiger partial charge is 0.123 e. The highest BCUT2D eigenvalue weighted by Crippen LogP contribution is 2.49. The first-order valence-corrected chi connectivity index (χ1v) is 7.34. The van der Waals surface area contributed by atoms with Crippen LogP contribution in [0.2, 0.25) is 0 Å². The molecule has 2 aliphatic rings. The van der Waals surface area contributed by atoms with E-state index in [0.29, 0.717) is 5.92 Å². The second-order valence-electron chi connectivity index (χ2n) is 5.67. The summed E-state index contributed by atoms with van der Waals surface area (Å²) >= 11 is 0. The molecule has 2 unspecified atom stereocenters. The maximum absolute atomic E-state index is 6.41. The van der Waals surface area contributed by atoms with Crippen molar-refractivity contribution < 1.29 is 4.74 Å². The number of para-hydroxylation sites is 1. The third kappa shape index (κ3) is 1.93. The third-order valence-corrected chi connectivity index (χ3v) is 4.52. The lowest BCUT2D eigenvalue weighted by Crippen LogP contribution is -2.49. The molecule has 0 amide bonds. The molecule has 0 spiro atoms. The van der Waals surface area contributed by atoms with Gasteiger partial charge in [-0.15, -0.1) is 0 Å². The second kappa shape index (κ2) is 4.93. The average Bonchev–Trinajstić information content (AvgIpc) is 2.73. The molecule has 0 saturated carbocycles. The van der Waals surface area contributed by atoms with Crippen molar-refractivity contribution in [2.75, 3.05) is 13.1 Å². The van der Waals surface area contributed by atoms with Gasteiger partial charge in [0, 0.05) is 24.4 Å². The Bertz CT molecular complexity index is 417. The van der Waals surface area contributed by atoms with Crippen LogP contribution in [0.25, 0.3) is 0 Å². The van der Waals surface area contributed by atoms with Gasteiger partial charge in [0.1, 0.15) is 11.4 Å². The first kappa shape index (κ1) is 12.0. The van der Waals surface area contributed by atoms with Crippen LogP contribution in [0.15, 0.2) is 24.3 Å². The van der Waals surface area contributed by atoms with E-state index in [1.165, 1.54) is 31.2 Å². The van der Waals surface area contributed by atoms with Crippen molar-refractivity contribution in [1.82, 2.24) is 5.32 Å². The van der Waals surface area contributed by atoms with Crippen LogP contribution in [0.3, 0.4) is 0 Å². The molecule has 2 aliphatic heterocycles. The number of ether oxygens (including phenoxy) is 1. The minimum Gasteiger partial charge on any atom is -0.486 e. The van der Waals surface area contributed by atoms with Crippen molar-refractivity contribution in [1.29, 1.82) is 0 Å². The fourth-order valence-electron chi connectivity index (χ4n) is 3.53. The Labute approximate surface area is 110 Å². The Kier molecular flexibility index (Phi) is 3.29. The molecule has 1 saturated heterocycles. The quantitative estimate of drug-likeness (QED) is 0.820. The number of unbranched alkanes of at least 4 members (excludes halogenated alkanes) is 2. The number of piperidine rings is 1. The zero-order valence-electron chi connectivity index (χ0n) is 11.2. The summed E-state index contributed by atoms with van der Waals surface area (Å²) in [5, 5.41) is 3.53. The molecule has 0 aromatic heterocycles. The molecule has 1 fully saturated rings. The molecule has 3 rings (SSSR count). The lowest BCUT2D eigenvalue weighted by Gasteiger charge is -2.39. The van der Waals surface area contributed by atoms with Gasteiger partial charge in [-0.25, -0.2) is 0 Å². The Hall–Kier alpha value is -1.02. The van der Waals surface area contributed by atoms with E-state index in [1.807, 2.05) is 0 Å². The van der Waals surface area contributed by atoms with E-state index >= 15 is 0 Å². The molecular weight excluding hydrogens is 222 g/mol. The Balaban J connectivity index is 1.84. The number of rotatable bonds is 4. The highest BCUT2D eigenvalue weighted by Gasteiger charge is 2.48. The van der Waals surface area contributed by atoms with Crippen molar-refractivity contribution >= 4 is 0 Å². The van der Waals surface area contributed by atoms with Gasteiger partial charge in [-0.1, -0.05) is 38.0 Å². The highest BCUT2D eigenvalue weighted by atomic mass is 16.5. The van der Waals surface area contributed by atoms with Gasteiger partial charge in [0.2, 0.25) is 0 Å². The predicted octanol–water partition coefficient (Wildman–Crippen LogP) is 3.48. The van der Waals surface area contributed by atoms with Crippen molar-refractivity contribution in [3.05, 3.63) is 29.8 Å². The van der Waals surface area contributed by atoms with Crippen molar-refractivity contribution in [2.24, 2.45) is 0 Å². The fraction of sp³-hybridized carbons (Fsp3) is 0.625. The van der Waals surface area contributed by atoms with Crippen LogP contribution in [-0.2, 0) is 0 Å². The van der Waals surface area contributed by atoms with E-state index in [-0.39, 0.29) is 5.60 Å². The monoisotopic (exact) mass is 245 g/mol. The van der Waals surface area contributed by atoms with Gasteiger partial charge in [0.15, 0.2) is 0 Å². The molecule has 0 aliphatic carbocycles. The number of hydrogen-bond acceptors (Lipinski definition) is 2. The molecule has 2 nitrogen and oxygen atoms in total. The van der Waals surface area contributed by atoms with Gasteiger partial charge in [-0.2, -0.15) is 0 Å². The van der Waals surface area contributed by atoms with E-state index in [0.717, 1.165) is 25.3 Å². The van der Waals surface area contributed by atoms with Crippen LogP contribution in [-0.4, -0.2) is 18.7 Å². The molecule has 1 N–H and O–H groups in total. The molecular formula is C16H23NO. The normalized spacial score (nSPS) is 29.5. The molecule has 2 heterocycles. The number of hydrogen-bond donors (Lipinski definition) is 1. The molecule has 18 heavy (non-hydrogen) atoms. The Morgan fingerprint density at radius 1 is 1.33 bits per heavy atom. The van der Waals surface area contributed by atoms with Crippen LogP contribution >= 0.6 is 0 Å². The van der Waals surface area contributed by atoms with Crippen molar-refractivity contribution in [3.8, 4) is 5.75 Å². The summed E-state index contributed by atoms with van der Waals surface area (Å²) in [7, 11) is 0. The average molecular weight is 245 g/mol. The van der Waals surface area contributed by atoms with E-state index in [4.69, 9.17) is 4.74 Å². The molecule has 1 aromatic carbocycles. The maximum atomic E-state index is 6.41. The summed E-state index contributed by atoms with van der Waals surface area (Å²) in [5.74, 6) is 1.68. The first-order chi connectivity index (χ1) is 8.86. The molecule has 1 aromatic rings. The Morgan fingerprint density at radius 3 is 3.11 bits per heavy atom. The number of nitrogens with one attached hydrogen (secondary N) is 1. The van der Waals surface area contributed by atoms with E-state index in [9.17, 15) is 0 Å². The molecule has 2 atom stereocenters. The van der Waals surface area contributed by atoms with Crippen molar-refractivity contribution in [2.45, 2.75) is 50.5 Å². The molecule has 0 radical (unpaired) electrons. The van der Waals surface area contributed by atoms with Gasteiger partial charge < -0.3 is 10.1 Å². The second-order valence-corrected chi connectivity index (χ2v) is 5.67. The summed E-state index contributed by atoms with van der Waals surface area (Å²) < 4.78 is 6.41. The molecule has 98 valence electrons. The lowest BCUT2D eigenvalue weighted by atomic mass is 9.76. The van der Waals surface area contributed by atoms with Crippen LogP contribution in [0.5, 0.6) is 5.75 Å². The third-order valence-electron chi connectivity index (χ3n) is 4.52. The number of benzene rings is 1. The predicted molar refractivity (Wildman–Crippen MR) is 74.2 cm³/mol. The van der Waals surface area contributed by atoms with E-state index in [1.54, 1.807) is 0 Å². The largest absolute Gasteiger partial charge is 0.486 e. The van der Waals surface area contributed by atoms with Gasteiger partial charge in [0.25, 0.3) is 0 Å². The summed E-state index contributed by atoms with van der Waals surface area (Å²) in [4.78, 5) is 0. The minimum absolute atomic E-state index is 0.0874. The zero-order chi connectivity index (χ0) is 12.4. The molecule has 0 bridgehead atoms. The maximum Gasteiger partial charge on any atom is 0.123 e. The highest BCUT2D eigenvalue weighted by molar-refractivity contribution is 5.44. The zero-order valence-corrected chi connectivity index (χ0v) is 11.2. The fourth-order valence-corrected chi connectivity index (χ4v) is 3.53. The number of fused-ring (bicyclic) bond motifs is 3. The van der Waals surface area contributed by atoms with Crippen LogP contribution in [0.1, 0.15) is 50.5 Å². The van der Waals surface area contributed by atoms with Crippen molar-refractivity contribution in [3.63, 3.8) is 0 Å². The van der Waals surface area contributed by atoms with Gasteiger partial charge in [0.05, 0.1) is 0 Å². The topological polar surface area (TPSA) is 21.3 Å². The summed E-state index contributed by atoms with van der Waals surface area (Å²) in [6.07, 6.45) is 6.26. The first-order valence-electron chi connectivity index (χ1n) is 7.34. The summed E-state index contributed by atoms with van der Waals surface area (Å²) in [5.41, 5.74) is 1.51. The van der Waals surface area contributed by atoms with Gasteiger partial charge in [-0.05, 0) is 25.5 Å². The summed E-state index contributed by atoms with van der Waals surface area (Å²) in [6, 6.07) is 8.60. The van der Waals surface area contributed by atoms with E-state index < -0.39 is 0 Å². The Morgan fingerprint density at radius 2 is 2.22 bits per heavy atom. The molecule has 2 heteroatoms. The lowest BCUT2D eigenvalue weighted by molar-refractivity contribution is 0.0319. The van der Waals surface area contributed by atoms with Crippen LogP contribution in [0, 0.1) is 0 Å². The van der Waals surface area contributed by atoms with E-state index in [2.05, 4.69) is 36.5 Å². The standard InChI is InChI=1S/C16H23NO/c1-2-3-6-9-16-10-11-17-12-14(16)13-7-4-5-8-15(13)18-16/h4-5,7-8,14,17H,2-3,6,9-12H2,1H3. The van der Waals surface area contributed by atoms with Gasteiger partial charge in [-0.3, -0.25) is 0 Å². The van der Waals surface area contributed by atoms with Gasteiger partial charge >= 0.3 is 0 Å². The minimum atomic E-state index is 0.0874. The SMILES string of the molecule is CCCCCC12CCNCC1c1ccccc1O2. The summed E-state index contributed by atoms with van der Waals surface area (Å²) in [6.45, 7) is 4.43. The van der Waals surface area contributed by atoms with Crippen LogP contribution < -0.4 is 10.1 Å².